The number of benzene rings is 1. The molecule has 2 rings (SSSR count). The molecule has 5 nitrogen and oxygen atoms in total. The molecule has 0 atom stereocenters. The minimum atomic E-state index is -0.427. The predicted molar refractivity (Wildman–Crippen MR) is 72.9 cm³/mol. The third kappa shape index (κ3) is 3.74. The number of nitro benzene ring substituents is 1. The summed E-state index contributed by atoms with van der Waals surface area (Å²) in [6.45, 7) is 0.949. The van der Waals surface area contributed by atoms with Gasteiger partial charge in [0.05, 0.1) is 10.6 Å². The zero-order valence-electron chi connectivity index (χ0n) is 10.0. The SMILES string of the molecule is O=[N+]([O-])c1cc(Cl)ccc1CNCc1ccccn1. The summed E-state index contributed by atoms with van der Waals surface area (Å²) in [5.41, 5.74) is 1.52. The highest BCUT2D eigenvalue weighted by Gasteiger charge is 2.13. The molecule has 1 N–H and O–H groups in total. The van der Waals surface area contributed by atoms with Crippen LogP contribution >= 0.6 is 11.6 Å². The number of nitrogens with one attached hydrogen (secondary N) is 1. The second-order valence-corrected chi connectivity index (χ2v) is 4.39. The number of hydrogen-bond donors (Lipinski definition) is 1. The van der Waals surface area contributed by atoms with Crippen molar-refractivity contribution in [3.05, 3.63) is 69.0 Å². The first-order chi connectivity index (χ1) is 9.16. The fraction of sp³-hybridized carbons (Fsp3) is 0.154. The van der Waals surface area contributed by atoms with E-state index < -0.39 is 4.92 Å². The molecule has 0 saturated heterocycles. The molecule has 0 amide bonds. The average Bonchev–Trinajstić information content (AvgIpc) is 2.41. The predicted octanol–water partition coefficient (Wildman–Crippen LogP) is 2.93. The minimum absolute atomic E-state index is 0.0287. The lowest BCUT2D eigenvalue weighted by Crippen LogP contribution is -2.14. The van der Waals surface area contributed by atoms with Crippen molar-refractivity contribution in [2.45, 2.75) is 13.1 Å². The first-order valence-electron chi connectivity index (χ1n) is 5.70. The van der Waals surface area contributed by atoms with Crippen molar-refractivity contribution in [2.24, 2.45) is 0 Å². The van der Waals surface area contributed by atoms with Gasteiger partial charge in [-0.1, -0.05) is 17.7 Å². The molecule has 0 spiro atoms. The van der Waals surface area contributed by atoms with E-state index in [0.717, 1.165) is 5.69 Å². The van der Waals surface area contributed by atoms with Crippen LogP contribution in [0.15, 0.2) is 42.6 Å². The van der Waals surface area contributed by atoms with Gasteiger partial charge in [-0.05, 0) is 24.3 Å². The van der Waals surface area contributed by atoms with E-state index in [2.05, 4.69) is 10.3 Å². The Kier molecular flexibility index (Phi) is 4.43. The molecule has 0 aliphatic carbocycles. The van der Waals surface area contributed by atoms with E-state index >= 15 is 0 Å². The zero-order chi connectivity index (χ0) is 13.7. The lowest BCUT2D eigenvalue weighted by Gasteiger charge is -2.05. The molecule has 0 bridgehead atoms. The second-order valence-electron chi connectivity index (χ2n) is 3.95. The van der Waals surface area contributed by atoms with Crippen molar-refractivity contribution in [3.8, 4) is 0 Å². The molecule has 19 heavy (non-hydrogen) atoms. The quantitative estimate of drug-likeness (QED) is 0.674. The summed E-state index contributed by atoms with van der Waals surface area (Å²) in [6, 6.07) is 10.3. The van der Waals surface area contributed by atoms with E-state index in [9.17, 15) is 10.1 Å². The van der Waals surface area contributed by atoms with Gasteiger partial charge in [0.15, 0.2) is 0 Å². The number of nitro groups is 1. The maximum absolute atomic E-state index is 10.9. The highest BCUT2D eigenvalue weighted by Crippen LogP contribution is 2.23. The molecule has 1 heterocycles. The third-order valence-electron chi connectivity index (χ3n) is 2.59. The number of hydrogen-bond acceptors (Lipinski definition) is 4. The first kappa shape index (κ1) is 13.5. The van der Waals surface area contributed by atoms with Gasteiger partial charge in [-0.15, -0.1) is 0 Å². The lowest BCUT2D eigenvalue weighted by atomic mass is 10.2. The Labute approximate surface area is 115 Å². The van der Waals surface area contributed by atoms with E-state index in [1.165, 1.54) is 6.07 Å². The summed E-state index contributed by atoms with van der Waals surface area (Å²) in [7, 11) is 0. The summed E-state index contributed by atoms with van der Waals surface area (Å²) < 4.78 is 0. The highest BCUT2D eigenvalue weighted by atomic mass is 35.5. The summed E-state index contributed by atoms with van der Waals surface area (Å²) in [6.07, 6.45) is 1.71. The van der Waals surface area contributed by atoms with Crippen LogP contribution in [-0.4, -0.2) is 9.91 Å². The lowest BCUT2D eigenvalue weighted by molar-refractivity contribution is -0.385. The molecule has 1 aromatic carbocycles. The van der Waals surface area contributed by atoms with Crippen LogP contribution in [0, 0.1) is 10.1 Å². The number of halogens is 1. The first-order valence-corrected chi connectivity index (χ1v) is 6.08. The minimum Gasteiger partial charge on any atom is -0.307 e. The van der Waals surface area contributed by atoms with E-state index in [1.807, 2.05) is 18.2 Å². The van der Waals surface area contributed by atoms with Gasteiger partial charge in [0.25, 0.3) is 5.69 Å². The van der Waals surface area contributed by atoms with Crippen LogP contribution in [0.2, 0.25) is 5.02 Å². The molecule has 0 saturated carbocycles. The maximum Gasteiger partial charge on any atom is 0.275 e. The van der Waals surface area contributed by atoms with Gasteiger partial charge < -0.3 is 5.32 Å². The van der Waals surface area contributed by atoms with Gasteiger partial charge in [-0.25, -0.2) is 0 Å². The van der Waals surface area contributed by atoms with Gasteiger partial charge in [0.2, 0.25) is 0 Å². The number of pyridine rings is 1. The van der Waals surface area contributed by atoms with Crippen LogP contribution in [0.4, 0.5) is 5.69 Å². The Balaban J connectivity index is 2.02. The van der Waals surface area contributed by atoms with Crippen molar-refractivity contribution in [1.82, 2.24) is 10.3 Å². The highest BCUT2D eigenvalue weighted by molar-refractivity contribution is 6.30. The normalized spacial score (nSPS) is 10.4. The summed E-state index contributed by atoms with van der Waals surface area (Å²) in [4.78, 5) is 14.7. The molecule has 2 aromatic rings. The molecule has 0 aliphatic heterocycles. The van der Waals surface area contributed by atoms with E-state index in [0.29, 0.717) is 23.7 Å². The van der Waals surface area contributed by atoms with Crippen molar-refractivity contribution in [3.63, 3.8) is 0 Å². The number of aromatic nitrogens is 1. The average molecular weight is 278 g/mol. The summed E-state index contributed by atoms with van der Waals surface area (Å²) in [5, 5.41) is 14.4. The molecule has 98 valence electrons. The van der Waals surface area contributed by atoms with E-state index in [1.54, 1.807) is 18.3 Å². The molecule has 0 fully saturated rings. The van der Waals surface area contributed by atoms with Gasteiger partial charge in [0.1, 0.15) is 0 Å². The molecule has 0 aliphatic rings. The topological polar surface area (TPSA) is 68.1 Å². The Morgan fingerprint density at radius 1 is 1.26 bits per heavy atom. The Hall–Kier alpha value is -1.98. The molecule has 0 radical (unpaired) electrons. The van der Waals surface area contributed by atoms with Crippen molar-refractivity contribution in [2.75, 3.05) is 0 Å². The molecular formula is C13H12ClN3O2. The van der Waals surface area contributed by atoms with Crippen LogP contribution in [-0.2, 0) is 13.1 Å². The fourth-order valence-electron chi connectivity index (χ4n) is 1.68. The molecule has 0 unspecified atom stereocenters. The zero-order valence-corrected chi connectivity index (χ0v) is 10.8. The number of rotatable bonds is 5. The van der Waals surface area contributed by atoms with Gasteiger partial charge >= 0.3 is 0 Å². The largest absolute Gasteiger partial charge is 0.307 e. The Morgan fingerprint density at radius 3 is 2.79 bits per heavy atom. The van der Waals surface area contributed by atoms with Crippen LogP contribution < -0.4 is 5.32 Å². The smallest absolute Gasteiger partial charge is 0.275 e. The number of nitrogens with zero attached hydrogens (tertiary/aromatic N) is 2. The third-order valence-corrected chi connectivity index (χ3v) is 2.83. The van der Waals surface area contributed by atoms with Crippen molar-refractivity contribution < 1.29 is 4.92 Å². The second kappa shape index (κ2) is 6.26. The van der Waals surface area contributed by atoms with E-state index in [4.69, 9.17) is 11.6 Å². The van der Waals surface area contributed by atoms with Crippen LogP contribution in [0.3, 0.4) is 0 Å². The maximum atomic E-state index is 10.9. The summed E-state index contributed by atoms with van der Waals surface area (Å²) in [5.74, 6) is 0. The van der Waals surface area contributed by atoms with Gasteiger partial charge in [-0.2, -0.15) is 0 Å². The Morgan fingerprint density at radius 2 is 2.11 bits per heavy atom. The van der Waals surface area contributed by atoms with Gasteiger partial charge in [-0.3, -0.25) is 15.1 Å². The monoisotopic (exact) mass is 277 g/mol. The molecule has 6 heteroatoms. The van der Waals surface area contributed by atoms with Crippen LogP contribution in [0.1, 0.15) is 11.3 Å². The molecular weight excluding hydrogens is 266 g/mol. The van der Waals surface area contributed by atoms with E-state index in [-0.39, 0.29) is 5.69 Å². The van der Waals surface area contributed by atoms with Crippen molar-refractivity contribution in [1.29, 1.82) is 0 Å². The van der Waals surface area contributed by atoms with Gasteiger partial charge in [0, 0.05) is 35.9 Å². The van der Waals surface area contributed by atoms with Crippen LogP contribution in [0.25, 0.3) is 0 Å². The molecule has 1 aromatic heterocycles. The fourth-order valence-corrected chi connectivity index (χ4v) is 1.85. The van der Waals surface area contributed by atoms with Crippen LogP contribution in [0.5, 0.6) is 0 Å². The van der Waals surface area contributed by atoms with Crippen molar-refractivity contribution >= 4 is 17.3 Å². The standard InChI is InChI=1S/C13H12ClN3O2/c14-11-5-4-10(13(7-11)17(18)19)8-15-9-12-3-1-2-6-16-12/h1-7,15H,8-9H2. The Bertz CT molecular complexity index is 575. The summed E-state index contributed by atoms with van der Waals surface area (Å²) >= 11 is 5.76.